The first-order valence-electron chi connectivity index (χ1n) is 7.95. The Hall–Kier alpha value is -0.610. The van der Waals surface area contributed by atoms with Crippen LogP contribution in [0.4, 0.5) is 0 Å². The molecule has 0 bridgehead atoms. The first-order chi connectivity index (χ1) is 9.33. The number of rotatable bonds is 3. The van der Waals surface area contributed by atoms with Crippen LogP contribution in [0.5, 0.6) is 0 Å². The molecule has 3 fully saturated rings. The van der Waals surface area contributed by atoms with E-state index in [-0.39, 0.29) is 6.10 Å². The molecular weight excluding hydrogens is 240 g/mol. The lowest BCUT2D eigenvalue weighted by Gasteiger charge is -2.36. The van der Waals surface area contributed by atoms with Gasteiger partial charge in [0, 0.05) is 25.7 Å². The molecule has 3 saturated heterocycles. The normalized spacial score (nSPS) is 35.8. The van der Waals surface area contributed by atoms with Gasteiger partial charge < -0.3 is 15.0 Å². The molecule has 19 heavy (non-hydrogen) atoms. The Bertz CT molecular complexity index is 309. The van der Waals surface area contributed by atoms with Crippen LogP contribution in [0.1, 0.15) is 44.9 Å². The summed E-state index contributed by atoms with van der Waals surface area (Å²) in [6.07, 6.45) is 8.01. The number of hydrogen-bond donors (Lipinski definition) is 1. The fourth-order valence-electron chi connectivity index (χ4n) is 3.81. The Kier molecular flexibility index (Phi) is 4.38. The third-order valence-corrected chi connectivity index (χ3v) is 4.90. The summed E-state index contributed by atoms with van der Waals surface area (Å²) < 4.78 is 5.58. The third-order valence-electron chi connectivity index (χ3n) is 4.90. The van der Waals surface area contributed by atoms with Gasteiger partial charge in [-0.2, -0.15) is 0 Å². The number of hydrogen-bond acceptors (Lipinski definition) is 3. The molecule has 3 aliphatic rings. The van der Waals surface area contributed by atoms with Crippen molar-refractivity contribution in [2.45, 2.75) is 57.1 Å². The molecule has 3 rings (SSSR count). The van der Waals surface area contributed by atoms with E-state index in [0.29, 0.717) is 24.3 Å². The van der Waals surface area contributed by atoms with E-state index in [9.17, 15) is 4.79 Å². The summed E-state index contributed by atoms with van der Waals surface area (Å²) >= 11 is 0. The molecule has 0 aromatic rings. The van der Waals surface area contributed by atoms with Crippen molar-refractivity contribution in [3.63, 3.8) is 0 Å². The molecule has 3 aliphatic heterocycles. The van der Waals surface area contributed by atoms with Gasteiger partial charge in [-0.1, -0.05) is 0 Å². The first kappa shape index (κ1) is 13.4. The molecule has 0 aromatic carbocycles. The van der Waals surface area contributed by atoms with Gasteiger partial charge in [0.05, 0.1) is 12.5 Å². The van der Waals surface area contributed by atoms with Crippen LogP contribution in [0.25, 0.3) is 0 Å². The van der Waals surface area contributed by atoms with Gasteiger partial charge in [-0.25, -0.2) is 0 Å². The largest absolute Gasteiger partial charge is 0.378 e. The zero-order chi connectivity index (χ0) is 13.1. The van der Waals surface area contributed by atoms with Crippen LogP contribution in [0.2, 0.25) is 0 Å². The average Bonchev–Trinajstić information content (AvgIpc) is 3.12. The maximum Gasteiger partial charge on any atom is 0.225 e. The summed E-state index contributed by atoms with van der Waals surface area (Å²) in [5.41, 5.74) is 0. The van der Waals surface area contributed by atoms with E-state index in [1.807, 2.05) is 0 Å². The van der Waals surface area contributed by atoms with Crippen LogP contribution in [0.3, 0.4) is 0 Å². The van der Waals surface area contributed by atoms with Crippen molar-refractivity contribution in [1.82, 2.24) is 10.2 Å². The fourth-order valence-corrected chi connectivity index (χ4v) is 3.81. The lowest BCUT2D eigenvalue weighted by molar-refractivity contribution is -0.135. The monoisotopic (exact) mass is 266 g/mol. The minimum atomic E-state index is 0.192. The van der Waals surface area contributed by atoms with Gasteiger partial charge >= 0.3 is 0 Å². The van der Waals surface area contributed by atoms with Gasteiger partial charge in [-0.3, -0.25) is 4.79 Å². The topological polar surface area (TPSA) is 41.6 Å². The van der Waals surface area contributed by atoms with Gasteiger partial charge in [-0.05, 0) is 51.0 Å². The second kappa shape index (κ2) is 6.23. The predicted octanol–water partition coefficient (Wildman–Crippen LogP) is 1.55. The lowest BCUT2D eigenvalue weighted by Crippen LogP contribution is -2.46. The van der Waals surface area contributed by atoms with Gasteiger partial charge in [-0.15, -0.1) is 0 Å². The second-order valence-corrected chi connectivity index (χ2v) is 6.28. The fraction of sp³-hybridized carbons (Fsp3) is 0.933. The van der Waals surface area contributed by atoms with Crippen molar-refractivity contribution in [1.29, 1.82) is 0 Å². The first-order valence-corrected chi connectivity index (χ1v) is 7.95. The van der Waals surface area contributed by atoms with E-state index in [1.165, 1.54) is 25.7 Å². The number of piperidine rings is 1. The third kappa shape index (κ3) is 3.29. The van der Waals surface area contributed by atoms with Crippen molar-refractivity contribution in [2.24, 2.45) is 5.92 Å². The zero-order valence-electron chi connectivity index (χ0n) is 11.8. The van der Waals surface area contributed by atoms with Crippen molar-refractivity contribution < 1.29 is 9.53 Å². The molecule has 108 valence electrons. The summed E-state index contributed by atoms with van der Waals surface area (Å²) in [6.45, 7) is 3.91. The highest BCUT2D eigenvalue weighted by molar-refractivity contribution is 5.76. The average molecular weight is 266 g/mol. The van der Waals surface area contributed by atoms with Gasteiger partial charge in [0.1, 0.15) is 0 Å². The number of carbonyl (C=O) groups is 1. The van der Waals surface area contributed by atoms with Gasteiger partial charge in [0.25, 0.3) is 0 Å². The Labute approximate surface area is 115 Å². The van der Waals surface area contributed by atoms with Crippen molar-refractivity contribution in [3.05, 3.63) is 0 Å². The highest BCUT2D eigenvalue weighted by atomic mass is 16.5. The second-order valence-electron chi connectivity index (χ2n) is 6.28. The van der Waals surface area contributed by atoms with Crippen molar-refractivity contribution in [2.75, 3.05) is 26.2 Å². The van der Waals surface area contributed by atoms with Crippen LogP contribution in [0, 0.1) is 5.92 Å². The van der Waals surface area contributed by atoms with E-state index in [4.69, 9.17) is 4.74 Å². The van der Waals surface area contributed by atoms with Crippen LogP contribution in [-0.4, -0.2) is 49.2 Å². The van der Waals surface area contributed by atoms with Crippen molar-refractivity contribution >= 4 is 5.91 Å². The molecule has 3 heterocycles. The Balaban J connectivity index is 1.50. The van der Waals surface area contributed by atoms with E-state index in [2.05, 4.69) is 10.2 Å². The molecule has 0 spiro atoms. The summed E-state index contributed by atoms with van der Waals surface area (Å²) in [5.74, 6) is 0.985. The standard InChI is InChI=1S/C15H26N2O2/c18-15(10-13-5-3-9-19-13)17-8-2-4-12(11-17)14-6-1-7-16-14/h12-14,16H,1-11H2. The van der Waals surface area contributed by atoms with E-state index >= 15 is 0 Å². The van der Waals surface area contributed by atoms with Crippen LogP contribution < -0.4 is 5.32 Å². The Morgan fingerprint density at radius 3 is 2.89 bits per heavy atom. The number of nitrogens with one attached hydrogen (secondary N) is 1. The number of ether oxygens (including phenoxy) is 1. The summed E-state index contributed by atoms with van der Waals surface area (Å²) in [6, 6.07) is 0.651. The number of nitrogens with zero attached hydrogens (tertiary/aromatic N) is 1. The molecule has 0 radical (unpaired) electrons. The minimum Gasteiger partial charge on any atom is -0.378 e. The molecule has 0 aliphatic carbocycles. The van der Waals surface area contributed by atoms with E-state index < -0.39 is 0 Å². The highest BCUT2D eigenvalue weighted by Gasteiger charge is 2.31. The van der Waals surface area contributed by atoms with Crippen molar-refractivity contribution in [3.8, 4) is 0 Å². The maximum atomic E-state index is 12.3. The number of amides is 1. The lowest BCUT2D eigenvalue weighted by atomic mass is 9.89. The number of likely N-dealkylation sites (tertiary alicyclic amines) is 1. The Morgan fingerprint density at radius 2 is 2.16 bits per heavy atom. The SMILES string of the molecule is O=C(CC1CCCO1)N1CCCC(C2CCCN2)C1. The molecule has 1 N–H and O–H groups in total. The molecule has 3 unspecified atom stereocenters. The molecule has 0 aromatic heterocycles. The summed E-state index contributed by atoms with van der Waals surface area (Å²) in [7, 11) is 0. The molecule has 1 amide bonds. The molecular formula is C15H26N2O2. The summed E-state index contributed by atoms with van der Waals surface area (Å²) in [4.78, 5) is 14.4. The zero-order valence-corrected chi connectivity index (χ0v) is 11.8. The molecule has 0 saturated carbocycles. The van der Waals surface area contributed by atoms with Gasteiger partial charge in [0.15, 0.2) is 0 Å². The van der Waals surface area contributed by atoms with Crippen LogP contribution in [0.15, 0.2) is 0 Å². The van der Waals surface area contributed by atoms with Crippen LogP contribution >= 0.6 is 0 Å². The van der Waals surface area contributed by atoms with Crippen LogP contribution in [-0.2, 0) is 9.53 Å². The quantitative estimate of drug-likeness (QED) is 0.842. The number of carbonyl (C=O) groups excluding carboxylic acids is 1. The predicted molar refractivity (Wildman–Crippen MR) is 73.9 cm³/mol. The molecule has 4 nitrogen and oxygen atoms in total. The van der Waals surface area contributed by atoms with E-state index in [0.717, 1.165) is 39.1 Å². The smallest absolute Gasteiger partial charge is 0.225 e. The van der Waals surface area contributed by atoms with Gasteiger partial charge in [0.2, 0.25) is 5.91 Å². The molecule has 4 heteroatoms. The maximum absolute atomic E-state index is 12.3. The molecule has 3 atom stereocenters. The van der Waals surface area contributed by atoms with E-state index in [1.54, 1.807) is 0 Å². The summed E-state index contributed by atoms with van der Waals surface area (Å²) in [5, 5.41) is 3.60. The minimum absolute atomic E-state index is 0.192. The highest BCUT2D eigenvalue weighted by Crippen LogP contribution is 2.26. The Morgan fingerprint density at radius 1 is 1.21 bits per heavy atom.